The van der Waals surface area contributed by atoms with Crippen molar-refractivity contribution < 1.29 is 9.13 Å². The highest BCUT2D eigenvalue weighted by Gasteiger charge is 2.33. The van der Waals surface area contributed by atoms with Crippen molar-refractivity contribution in [1.82, 2.24) is 8.94 Å². The maximum Gasteiger partial charge on any atom is 0.271 e. The summed E-state index contributed by atoms with van der Waals surface area (Å²) in [6, 6.07) is 1.50. The molecule has 8 heteroatoms. The fourth-order valence-corrected chi connectivity index (χ4v) is 5.37. The summed E-state index contributed by atoms with van der Waals surface area (Å²) in [5, 5.41) is 0.332. The van der Waals surface area contributed by atoms with E-state index in [0.717, 1.165) is 38.8 Å². The maximum absolute atomic E-state index is 15.3. The van der Waals surface area contributed by atoms with Gasteiger partial charge in [0, 0.05) is 19.1 Å². The number of methoxy groups -OCH3 is 1. The van der Waals surface area contributed by atoms with Gasteiger partial charge in [0.15, 0.2) is 11.6 Å². The van der Waals surface area contributed by atoms with Crippen LogP contribution in [0.1, 0.15) is 38.6 Å². The molecule has 2 fully saturated rings. The van der Waals surface area contributed by atoms with Crippen LogP contribution in [0.4, 0.5) is 10.1 Å². The summed E-state index contributed by atoms with van der Waals surface area (Å²) in [6.07, 6.45) is 4.01. The van der Waals surface area contributed by atoms with Crippen LogP contribution in [0.3, 0.4) is 0 Å². The van der Waals surface area contributed by atoms with Crippen LogP contribution in [0.15, 0.2) is 15.7 Å². The molecule has 0 radical (unpaired) electrons. The molecule has 2 aromatic heterocycles. The van der Waals surface area contributed by atoms with Gasteiger partial charge in [-0.05, 0) is 42.8 Å². The maximum atomic E-state index is 15.3. The number of aromatic nitrogens is 2. The molecule has 148 valence electrons. The number of nitrogens with zero attached hydrogens (tertiary/aromatic N) is 2. The first-order valence-corrected chi connectivity index (χ1v) is 10.6. The largest absolute Gasteiger partial charge is 0.492 e. The molecule has 1 aliphatic heterocycles. The van der Waals surface area contributed by atoms with Crippen LogP contribution in [0.25, 0.3) is 21.1 Å². The predicted octanol–water partition coefficient (Wildman–Crippen LogP) is 3.62. The Labute approximate surface area is 164 Å². The van der Waals surface area contributed by atoms with Crippen molar-refractivity contribution in [2.45, 2.75) is 38.6 Å². The minimum Gasteiger partial charge on any atom is -0.492 e. The van der Waals surface area contributed by atoms with E-state index in [4.69, 9.17) is 4.74 Å². The SMILES string of the molecule is CCC1CCN(c2c(F)cc3c(=O)c4c(=O)[nH]sc4n(C4CC4)c3c2OC)C1. The minimum absolute atomic E-state index is 0.117. The van der Waals surface area contributed by atoms with Crippen molar-refractivity contribution in [3.63, 3.8) is 0 Å². The van der Waals surface area contributed by atoms with Gasteiger partial charge in [0.2, 0.25) is 5.43 Å². The number of hydrogen-bond donors (Lipinski definition) is 1. The third kappa shape index (κ3) is 2.43. The van der Waals surface area contributed by atoms with E-state index in [9.17, 15) is 9.59 Å². The van der Waals surface area contributed by atoms with Gasteiger partial charge >= 0.3 is 0 Å². The molecule has 1 atom stereocenters. The Morgan fingerprint density at radius 3 is 2.75 bits per heavy atom. The highest BCUT2D eigenvalue weighted by Crippen LogP contribution is 2.46. The molecule has 0 spiro atoms. The number of hydrogen-bond acceptors (Lipinski definition) is 5. The van der Waals surface area contributed by atoms with E-state index in [1.165, 1.54) is 24.7 Å². The number of halogens is 1. The summed E-state index contributed by atoms with van der Waals surface area (Å²) >= 11 is 1.17. The zero-order valence-corrected chi connectivity index (χ0v) is 16.7. The molecule has 1 N–H and O–H groups in total. The van der Waals surface area contributed by atoms with Crippen molar-refractivity contribution in [3.8, 4) is 5.75 Å². The Bertz CT molecular complexity index is 1210. The zero-order chi connectivity index (χ0) is 19.6. The number of anilines is 1. The van der Waals surface area contributed by atoms with E-state index < -0.39 is 16.8 Å². The van der Waals surface area contributed by atoms with Crippen molar-refractivity contribution in [3.05, 3.63) is 32.5 Å². The highest BCUT2D eigenvalue weighted by molar-refractivity contribution is 7.12. The topological polar surface area (TPSA) is 67.3 Å². The summed E-state index contributed by atoms with van der Waals surface area (Å²) in [4.78, 5) is 27.9. The minimum atomic E-state index is -0.466. The summed E-state index contributed by atoms with van der Waals surface area (Å²) in [5.41, 5.74) is 0.201. The second kappa shape index (κ2) is 6.34. The Kier molecular flexibility index (Phi) is 4.01. The number of aromatic amines is 1. The number of pyridine rings is 1. The zero-order valence-electron chi connectivity index (χ0n) is 15.9. The average Bonchev–Trinajstić information content (AvgIpc) is 3.28. The average molecular weight is 403 g/mol. The molecule has 6 nitrogen and oxygen atoms in total. The molecule has 2 aliphatic rings. The number of fused-ring (bicyclic) bond motifs is 2. The fraction of sp³-hybridized carbons (Fsp3) is 0.500. The first-order chi connectivity index (χ1) is 13.5. The lowest BCUT2D eigenvalue weighted by atomic mass is 10.1. The Morgan fingerprint density at radius 2 is 2.11 bits per heavy atom. The molecule has 5 rings (SSSR count). The Morgan fingerprint density at radius 1 is 1.32 bits per heavy atom. The van der Waals surface area contributed by atoms with Crippen LogP contribution in [0, 0.1) is 11.7 Å². The molecule has 3 aromatic rings. The van der Waals surface area contributed by atoms with Crippen molar-refractivity contribution in [1.29, 1.82) is 0 Å². The van der Waals surface area contributed by atoms with Crippen molar-refractivity contribution in [2.75, 3.05) is 25.1 Å². The summed E-state index contributed by atoms with van der Waals surface area (Å²) in [5.74, 6) is 0.466. The molecular weight excluding hydrogens is 381 g/mol. The third-order valence-corrected chi connectivity index (χ3v) is 6.97. The number of benzene rings is 1. The molecule has 1 saturated heterocycles. The number of rotatable bonds is 4. The van der Waals surface area contributed by atoms with Crippen molar-refractivity contribution in [2.24, 2.45) is 5.92 Å². The van der Waals surface area contributed by atoms with Crippen LogP contribution >= 0.6 is 11.5 Å². The molecule has 1 aliphatic carbocycles. The van der Waals surface area contributed by atoms with Gasteiger partial charge in [0.05, 0.1) is 18.0 Å². The van der Waals surface area contributed by atoms with Gasteiger partial charge < -0.3 is 14.2 Å². The summed E-state index contributed by atoms with van der Waals surface area (Å²) < 4.78 is 25.7. The van der Waals surface area contributed by atoms with Gasteiger partial charge in [-0.3, -0.25) is 14.0 Å². The van der Waals surface area contributed by atoms with E-state index in [-0.39, 0.29) is 16.8 Å². The lowest BCUT2D eigenvalue weighted by Gasteiger charge is -2.24. The number of nitrogens with one attached hydrogen (secondary N) is 1. The second-order valence-corrected chi connectivity index (χ2v) is 8.58. The molecular formula is C20H22FN3O3S. The van der Waals surface area contributed by atoms with Gasteiger partial charge in [0.1, 0.15) is 15.9 Å². The van der Waals surface area contributed by atoms with Crippen LogP contribution in [-0.4, -0.2) is 29.1 Å². The molecule has 0 bridgehead atoms. The molecule has 28 heavy (non-hydrogen) atoms. The standard InChI is InChI=1S/C20H22FN3O3S/c1-3-10-6-7-23(9-10)16-13(21)8-12-15(18(16)27-2)24(11-4-5-11)20-14(17(12)25)19(26)22-28-20/h8,10-11H,3-7,9H2,1-2H3,(H,22,26). The van der Waals surface area contributed by atoms with Crippen LogP contribution in [-0.2, 0) is 0 Å². The fourth-order valence-electron chi connectivity index (χ4n) is 4.46. The Balaban J connectivity index is 1.89. The summed E-state index contributed by atoms with van der Waals surface area (Å²) in [6.45, 7) is 3.70. The number of ether oxygens (including phenoxy) is 1. The smallest absolute Gasteiger partial charge is 0.271 e. The lowest BCUT2D eigenvalue weighted by molar-refractivity contribution is 0.414. The quantitative estimate of drug-likeness (QED) is 0.723. The first kappa shape index (κ1) is 17.7. The Hall–Kier alpha value is -2.35. The highest BCUT2D eigenvalue weighted by atomic mass is 32.1. The van der Waals surface area contributed by atoms with E-state index in [2.05, 4.69) is 11.3 Å². The van der Waals surface area contributed by atoms with Gasteiger partial charge in [-0.25, -0.2) is 4.39 Å². The van der Waals surface area contributed by atoms with E-state index in [0.29, 0.717) is 27.7 Å². The van der Waals surface area contributed by atoms with Gasteiger partial charge in [-0.15, -0.1) is 0 Å². The molecule has 1 aromatic carbocycles. The van der Waals surface area contributed by atoms with Gasteiger partial charge in [-0.2, -0.15) is 0 Å². The monoisotopic (exact) mass is 403 g/mol. The lowest BCUT2D eigenvalue weighted by Crippen LogP contribution is -2.23. The first-order valence-electron chi connectivity index (χ1n) is 9.76. The third-order valence-electron chi connectivity index (χ3n) is 6.09. The van der Waals surface area contributed by atoms with Gasteiger partial charge in [-0.1, -0.05) is 13.3 Å². The van der Waals surface area contributed by atoms with E-state index in [1.54, 1.807) is 0 Å². The van der Waals surface area contributed by atoms with Crippen molar-refractivity contribution >= 4 is 38.3 Å². The van der Waals surface area contributed by atoms with Crippen LogP contribution in [0.2, 0.25) is 0 Å². The molecule has 0 amide bonds. The summed E-state index contributed by atoms with van der Waals surface area (Å²) in [7, 11) is 1.52. The molecule has 1 unspecified atom stereocenters. The van der Waals surface area contributed by atoms with Crippen LogP contribution < -0.4 is 20.6 Å². The van der Waals surface area contributed by atoms with Crippen LogP contribution in [0.5, 0.6) is 5.75 Å². The van der Waals surface area contributed by atoms with E-state index >= 15 is 4.39 Å². The predicted molar refractivity (Wildman–Crippen MR) is 110 cm³/mol. The normalized spacial score (nSPS) is 19.8. The molecule has 3 heterocycles. The second-order valence-electron chi connectivity index (χ2n) is 7.79. The number of H-pyrrole nitrogens is 1. The molecule has 1 saturated carbocycles. The van der Waals surface area contributed by atoms with E-state index in [1.807, 2.05) is 9.47 Å². The van der Waals surface area contributed by atoms with Gasteiger partial charge in [0.25, 0.3) is 5.56 Å².